The first kappa shape index (κ1) is 15.8. The van der Waals surface area contributed by atoms with Crippen molar-refractivity contribution in [2.75, 3.05) is 7.11 Å². The Morgan fingerprint density at radius 1 is 1.17 bits per heavy atom. The van der Waals surface area contributed by atoms with Crippen molar-refractivity contribution in [1.29, 1.82) is 0 Å². The quantitative estimate of drug-likeness (QED) is 0.779. The highest BCUT2D eigenvalue weighted by Crippen LogP contribution is 2.24. The smallest absolute Gasteiger partial charge is 0.251 e. The number of nitrogens with zero attached hydrogens (tertiary/aromatic N) is 1. The number of ether oxygens (including phenoxy) is 1. The summed E-state index contributed by atoms with van der Waals surface area (Å²) in [5.74, 6) is 1.25. The maximum atomic E-state index is 12.1. The highest BCUT2D eigenvalue weighted by Gasteiger charge is 2.10. The van der Waals surface area contributed by atoms with Crippen LogP contribution >= 0.6 is 0 Å². The van der Waals surface area contributed by atoms with E-state index in [1.54, 1.807) is 13.2 Å². The van der Waals surface area contributed by atoms with Crippen molar-refractivity contribution in [3.05, 3.63) is 71.4 Å². The van der Waals surface area contributed by atoms with Gasteiger partial charge in [-0.1, -0.05) is 35.0 Å². The van der Waals surface area contributed by atoms with Crippen molar-refractivity contribution in [1.82, 2.24) is 10.5 Å². The average Bonchev–Trinajstić information content (AvgIpc) is 3.09. The lowest BCUT2D eigenvalue weighted by Crippen LogP contribution is -2.22. The van der Waals surface area contributed by atoms with E-state index in [1.165, 1.54) is 0 Å². The molecular formula is C19H18N2O3. The van der Waals surface area contributed by atoms with Crippen LogP contribution in [-0.4, -0.2) is 18.2 Å². The zero-order chi connectivity index (χ0) is 16.9. The molecule has 0 aliphatic rings. The Labute approximate surface area is 140 Å². The van der Waals surface area contributed by atoms with Crippen molar-refractivity contribution < 1.29 is 14.1 Å². The van der Waals surface area contributed by atoms with Crippen LogP contribution in [0, 0.1) is 6.92 Å². The van der Waals surface area contributed by atoms with E-state index in [1.807, 2.05) is 55.5 Å². The summed E-state index contributed by atoms with van der Waals surface area (Å²) in [5.41, 5.74) is 3.21. The number of hydrogen-bond acceptors (Lipinski definition) is 4. The molecule has 3 rings (SSSR count). The van der Waals surface area contributed by atoms with E-state index in [0.29, 0.717) is 23.6 Å². The van der Waals surface area contributed by atoms with Crippen LogP contribution in [-0.2, 0) is 6.54 Å². The standard InChI is InChI=1S/C19H18N2O3/c1-13-5-3-7-15(9-13)19(22)20-12-16-11-18(24-21-16)14-6-4-8-17(10-14)23-2/h3-11H,12H2,1-2H3,(H,20,22). The lowest BCUT2D eigenvalue weighted by atomic mass is 10.1. The predicted octanol–water partition coefficient (Wildman–Crippen LogP) is 3.59. The zero-order valence-corrected chi connectivity index (χ0v) is 13.6. The molecule has 0 atom stereocenters. The molecule has 2 aromatic carbocycles. The molecule has 24 heavy (non-hydrogen) atoms. The molecule has 0 saturated carbocycles. The molecule has 0 radical (unpaired) electrons. The van der Waals surface area contributed by atoms with Crippen LogP contribution in [0.4, 0.5) is 0 Å². The summed E-state index contributed by atoms with van der Waals surface area (Å²) in [7, 11) is 1.62. The number of carbonyl (C=O) groups excluding carboxylic acids is 1. The van der Waals surface area contributed by atoms with Crippen LogP contribution in [0.15, 0.2) is 59.1 Å². The van der Waals surface area contributed by atoms with Gasteiger partial charge >= 0.3 is 0 Å². The van der Waals surface area contributed by atoms with Crippen LogP contribution < -0.4 is 10.1 Å². The van der Waals surface area contributed by atoms with E-state index in [4.69, 9.17) is 9.26 Å². The zero-order valence-electron chi connectivity index (χ0n) is 13.6. The Morgan fingerprint density at radius 3 is 2.79 bits per heavy atom. The second kappa shape index (κ2) is 7.00. The van der Waals surface area contributed by atoms with Crippen molar-refractivity contribution in [2.45, 2.75) is 13.5 Å². The molecule has 1 heterocycles. The van der Waals surface area contributed by atoms with Crippen LogP contribution in [0.5, 0.6) is 5.75 Å². The number of amides is 1. The Bertz CT molecular complexity index is 855. The van der Waals surface area contributed by atoms with Gasteiger partial charge in [0.1, 0.15) is 11.4 Å². The molecule has 0 aliphatic carbocycles. The van der Waals surface area contributed by atoms with Crippen LogP contribution in [0.25, 0.3) is 11.3 Å². The molecule has 0 unspecified atom stereocenters. The lowest BCUT2D eigenvalue weighted by molar-refractivity contribution is 0.0950. The fourth-order valence-electron chi connectivity index (χ4n) is 2.37. The Kier molecular flexibility index (Phi) is 4.61. The third-order valence-corrected chi connectivity index (χ3v) is 3.62. The van der Waals surface area contributed by atoms with Crippen LogP contribution in [0.3, 0.4) is 0 Å². The maximum Gasteiger partial charge on any atom is 0.251 e. The van der Waals surface area contributed by atoms with Crippen molar-refractivity contribution in [3.8, 4) is 17.1 Å². The third-order valence-electron chi connectivity index (χ3n) is 3.62. The predicted molar refractivity (Wildman–Crippen MR) is 90.8 cm³/mol. The Balaban J connectivity index is 1.67. The summed E-state index contributed by atoms with van der Waals surface area (Å²) in [5, 5.41) is 6.84. The van der Waals surface area contributed by atoms with Crippen molar-refractivity contribution in [3.63, 3.8) is 0 Å². The van der Waals surface area contributed by atoms with Gasteiger partial charge in [-0.2, -0.15) is 0 Å². The highest BCUT2D eigenvalue weighted by molar-refractivity contribution is 5.94. The number of nitrogens with one attached hydrogen (secondary N) is 1. The van der Waals surface area contributed by atoms with Gasteiger partial charge in [0, 0.05) is 17.2 Å². The largest absolute Gasteiger partial charge is 0.497 e. The lowest BCUT2D eigenvalue weighted by Gasteiger charge is -2.03. The number of methoxy groups -OCH3 is 1. The minimum atomic E-state index is -0.135. The summed E-state index contributed by atoms with van der Waals surface area (Å²) in [6.45, 7) is 2.26. The monoisotopic (exact) mass is 322 g/mol. The number of aryl methyl sites for hydroxylation is 1. The average molecular weight is 322 g/mol. The Morgan fingerprint density at radius 2 is 2.00 bits per heavy atom. The molecule has 0 aliphatic heterocycles. The molecule has 0 fully saturated rings. The fraction of sp³-hybridized carbons (Fsp3) is 0.158. The molecule has 1 aromatic heterocycles. The van der Waals surface area contributed by atoms with E-state index in [0.717, 1.165) is 16.9 Å². The summed E-state index contributed by atoms with van der Waals surface area (Å²) in [6, 6.07) is 16.8. The molecule has 0 saturated heterocycles. The van der Waals surface area contributed by atoms with Gasteiger partial charge in [-0.25, -0.2) is 0 Å². The molecular weight excluding hydrogens is 304 g/mol. The van der Waals surface area contributed by atoms with Gasteiger partial charge in [0.2, 0.25) is 0 Å². The second-order valence-electron chi connectivity index (χ2n) is 5.47. The van der Waals surface area contributed by atoms with Gasteiger partial charge in [0.15, 0.2) is 5.76 Å². The van der Waals surface area contributed by atoms with E-state index in [9.17, 15) is 4.79 Å². The van der Waals surface area contributed by atoms with Crippen LogP contribution in [0.2, 0.25) is 0 Å². The topological polar surface area (TPSA) is 64.4 Å². The van der Waals surface area contributed by atoms with Crippen molar-refractivity contribution in [2.24, 2.45) is 0 Å². The molecule has 0 spiro atoms. The molecule has 3 aromatic rings. The summed E-state index contributed by atoms with van der Waals surface area (Å²) < 4.78 is 10.6. The first-order valence-electron chi connectivity index (χ1n) is 7.60. The van der Waals surface area contributed by atoms with Gasteiger partial charge < -0.3 is 14.6 Å². The minimum absolute atomic E-state index is 0.135. The first-order valence-corrected chi connectivity index (χ1v) is 7.60. The van der Waals surface area contributed by atoms with Gasteiger partial charge in [0.05, 0.1) is 13.7 Å². The fourth-order valence-corrected chi connectivity index (χ4v) is 2.37. The molecule has 1 amide bonds. The number of carbonyl (C=O) groups is 1. The molecule has 5 heteroatoms. The van der Waals surface area contributed by atoms with Gasteiger partial charge in [-0.3, -0.25) is 4.79 Å². The Hall–Kier alpha value is -3.08. The highest BCUT2D eigenvalue weighted by atomic mass is 16.5. The normalized spacial score (nSPS) is 10.4. The second-order valence-corrected chi connectivity index (χ2v) is 5.47. The van der Waals surface area contributed by atoms with E-state index in [2.05, 4.69) is 10.5 Å². The molecule has 122 valence electrons. The summed E-state index contributed by atoms with van der Waals surface area (Å²) >= 11 is 0. The summed E-state index contributed by atoms with van der Waals surface area (Å²) in [6.07, 6.45) is 0. The minimum Gasteiger partial charge on any atom is -0.497 e. The summed E-state index contributed by atoms with van der Waals surface area (Å²) in [4.78, 5) is 12.1. The van der Waals surface area contributed by atoms with E-state index >= 15 is 0 Å². The molecule has 0 bridgehead atoms. The van der Waals surface area contributed by atoms with Gasteiger partial charge in [-0.05, 0) is 31.2 Å². The third kappa shape index (κ3) is 3.63. The molecule has 5 nitrogen and oxygen atoms in total. The SMILES string of the molecule is COc1cccc(-c2cc(CNC(=O)c3cccc(C)c3)no2)c1. The molecule has 1 N–H and O–H groups in total. The number of benzene rings is 2. The van der Waals surface area contributed by atoms with E-state index < -0.39 is 0 Å². The van der Waals surface area contributed by atoms with Crippen molar-refractivity contribution >= 4 is 5.91 Å². The van der Waals surface area contributed by atoms with Crippen LogP contribution in [0.1, 0.15) is 21.6 Å². The number of rotatable bonds is 5. The van der Waals surface area contributed by atoms with E-state index in [-0.39, 0.29) is 5.91 Å². The van der Waals surface area contributed by atoms with Gasteiger partial charge in [-0.15, -0.1) is 0 Å². The van der Waals surface area contributed by atoms with Gasteiger partial charge in [0.25, 0.3) is 5.91 Å². The number of hydrogen-bond donors (Lipinski definition) is 1. The maximum absolute atomic E-state index is 12.1. The number of aromatic nitrogens is 1. The first-order chi connectivity index (χ1) is 11.7.